The van der Waals surface area contributed by atoms with E-state index in [2.05, 4.69) is 69.6 Å². The van der Waals surface area contributed by atoms with Crippen LogP contribution in [0, 0.1) is 14.4 Å². The van der Waals surface area contributed by atoms with E-state index in [1.807, 2.05) is 50.2 Å². The largest absolute Gasteiger partial charge is 0.487 e. The molecule has 2 heterocycles. The summed E-state index contributed by atoms with van der Waals surface area (Å²) < 4.78 is 9.68. The molecule has 7 heteroatoms. The van der Waals surface area contributed by atoms with Crippen molar-refractivity contribution in [1.82, 2.24) is 9.55 Å². The van der Waals surface area contributed by atoms with Crippen molar-refractivity contribution in [2.24, 2.45) is 10.8 Å². The number of aldehydes is 1. The van der Waals surface area contributed by atoms with Gasteiger partial charge in [0.25, 0.3) is 0 Å². The van der Waals surface area contributed by atoms with Crippen LogP contribution in [0.4, 0.5) is 0 Å². The highest BCUT2D eigenvalue weighted by Crippen LogP contribution is 2.37. The van der Waals surface area contributed by atoms with Gasteiger partial charge in [0.2, 0.25) is 0 Å². The van der Waals surface area contributed by atoms with Gasteiger partial charge in [-0.05, 0) is 103 Å². The number of carbonyl (C=O) groups excluding carboxylic acids is 1. The maximum atomic E-state index is 12.3. The monoisotopic (exact) mass is 688 g/mol. The van der Waals surface area contributed by atoms with Gasteiger partial charge in [-0.15, -0.1) is 0 Å². The Bertz CT molecular complexity index is 1790. The van der Waals surface area contributed by atoms with Gasteiger partial charge in [-0.2, -0.15) is 0 Å². The number of carboxylic acid groups (broad SMARTS) is 1. The Balaban J connectivity index is 1.58. The molecule has 0 spiro atoms. The zero-order chi connectivity index (χ0) is 30.8. The molecule has 0 aliphatic rings. The van der Waals surface area contributed by atoms with Crippen molar-refractivity contribution in [3.8, 4) is 5.75 Å². The summed E-state index contributed by atoms with van der Waals surface area (Å²) in [4.78, 5) is 28.9. The first-order valence-corrected chi connectivity index (χ1v) is 15.6. The first kappa shape index (κ1) is 30.7. The number of nitrogens with zero attached hydrogens (tertiary/aromatic N) is 2. The Morgan fingerprint density at radius 2 is 1.74 bits per heavy atom. The van der Waals surface area contributed by atoms with Crippen LogP contribution in [0.2, 0.25) is 0 Å². The van der Waals surface area contributed by atoms with Crippen molar-refractivity contribution in [3.05, 3.63) is 105 Å². The number of halogens is 1. The molecule has 43 heavy (non-hydrogen) atoms. The Kier molecular flexibility index (Phi) is 8.92. The van der Waals surface area contributed by atoms with Crippen molar-refractivity contribution in [2.45, 2.75) is 60.1 Å². The molecular weight excluding hydrogens is 651 g/mol. The highest BCUT2D eigenvalue weighted by atomic mass is 127. The van der Waals surface area contributed by atoms with Crippen LogP contribution in [-0.2, 0) is 35.6 Å². The smallest absolute Gasteiger partial charge is 0.309 e. The van der Waals surface area contributed by atoms with Gasteiger partial charge in [-0.3, -0.25) is 4.79 Å². The number of ether oxygens (including phenoxy) is 1. The number of para-hydroxylation sites is 1. The number of rotatable bonds is 12. The second-order valence-electron chi connectivity index (χ2n) is 12.6. The van der Waals surface area contributed by atoms with Crippen LogP contribution in [0.25, 0.3) is 21.8 Å². The molecule has 0 aliphatic carbocycles. The number of pyridine rings is 1. The van der Waals surface area contributed by atoms with Gasteiger partial charge in [0.05, 0.1) is 16.6 Å². The predicted molar refractivity (Wildman–Crippen MR) is 180 cm³/mol. The molecule has 0 saturated carbocycles. The van der Waals surface area contributed by atoms with E-state index in [4.69, 9.17) is 9.72 Å². The molecule has 222 valence electrons. The maximum Gasteiger partial charge on any atom is 0.309 e. The van der Waals surface area contributed by atoms with Gasteiger partial charge in [0, 0.05) is 43.9 Å². The number of fused-ring (bicyclic) bond motifs is 2. The van der Waals surface area contributed by atoms with Crippen molar-refractivity contribution in [2.75, 3.05) is 0 Å². The summed E-state index contributed by atoms with van der Waals surface area (Å²) in [5.74, 6) is -0.126. The predicted octanol–water partition coefficient (Wildman–Crippen LogP) is 8.23. The quantitative estimate of drug-likeness (QED) is 0.106. The minimum absolute atomic E-state index is 0.326. The molecule has 5 aromatic rings. The molecule has 5 rings (SSSR count). The maximum absolute atomic E-state index is 12.3. The van der Waals surface area contributed by atoms with E-state index in [9.17, 15) is 14.7 Å². The van der Waals surface area contributed by atoms with E-state index in [0.29, 0.717) is 38.2 Å². The van der Waals surface area contributed by atoms with Crippen molar-refractivity contribution in [1.29, 1.82) is 0 Å². The molecule has 2 aromatic heterocycles. The van der Waals surface area contributed by atoms with E-state index in [1.54, 1.807) is 13.8 Å². The summed E-state index contributed by atoms with van der Waals surface area (Å²) in [5.41, 5.74) is 4.49. The number of carbonyl (C=O) groups is 2. The summed E-state index contributed by atoms with van der Waals surface area (Å²) in [6.45, 7) is 8.36. The lowest BCUT2D eigenvalue weighted by Crippen LogP contribution is -2.28. The summed E-state index contributed by atoms with van der Waals surface area (Å²) >= 11 is 2.30. The number of benzene rings is 3. The zero-order valence-electron chi connectivity index (χ0n) is 25.1. The lowest BCUT2D eigenvalue weighted by Gasteiger charge is -2.23. The van der Waals surface area contributed by atoms with Gasteiger partial charge < -0.3 is 19.2 Å². The van der Waals surface area contributed by atoms with E-state index >= 15 is 0 Å². The van der Waals surface area contributed by atoms with Crippen molar-refractivity contribution < 1.29 is 19.4 Å². The number of aliphatic carboxylic acids is 1. The lowest BCUT2D eigenvalue weighted by atomic mass is 9.83. The normalized spacial score (nSPS) is 12.1. The molecule has 0 fully saturated rings. The SMILES string of the molecule is CC(C)(C=O)CCc1c(CC(C)(C)C(=O)O)n(Cc2ccc(I)cc2)c2ccc(OCc3ccc4ccccc4n3)cc12. The van der Waals surface area contributed by atoms with Gasteiger partial charge in [0.15, 0.2) is 0 Å². The number of aromatic nitrogens is 2. The van der Waals surface area contributed by atoms with Crippen molar-refractivity contribution >= 4 is 56.7 Å². The number of hydrogen-bond acceptors (Lipinski definition) is 4. The molecule has 0 radical (unpaired) electrons. The minimum atomic E-state index is -0.978. The van der Waals surface area contributed by atoms with Crippen LogP contribution < -0.4 is 4.74 Å². The second-order valence-corrected chi connectivity index (χ2v) is 13.8. The van der Waals surface area contributed by atoms with Gasteiger partial charge in [-0.1, -0.05) is 50.2 Å². The van der Waals surface area contributed by atoms with Gasteiger partial charge in [0.1, 0.15) is 18.6 Å². The number of hydrogen-bond donors (Lipinski definition) is 1. The first-order valence-electron chi connectivity index (χ1n) is 14.5. The number of aryl methyl sites for hydroxylation is 1. The third-order valence-electron chi connectivity index (χ3n) is 8.08. The average Bonchev–Trinajstić information content (AvgIpc) is 3.26. The van der Waals surface area contributed by atoms with Gasteiger partial charge >= 0.3 is 5.97 Å². The first-order chi connectivity index (χ1) is 20.5. The van der Waals surface area contributed by atoms with E-state index < -0.39 is 16.8 Å². The van der Waals surface area contributed by atoms with Gasteiger partial charge in [-0.25, -0.2) is 4.98 Å². The summed E-state index contributed by atoms with van der Waals surface area (Å²) in [5, 5.41) is 12.2. The molecule has 3 aromatic carbocycles. The molecule has 0 saturated heterocycles. The highest BCUT2D eigenvalue weighted by molar-refractivity contribution is 14.1. The fourth-order valence-electron chi connectivity index (χ4n) is 5.33. The molecule has 0 atom stereocenters. The summed E-state index contributed by atoms with van der Waals surface area (Å²) in [7, 11) is 0. The number of carboxylic acids is 1. The molecule has 0 bridgehead atoms. The molecule has 0 amide bonds. The Labute approximate surface area is 266 Å². The zero-order valence-corrected chi connectivity index (χ0v) is 27.2. The average molecular weight is 689 g/mol. The Hall–Kier alpha value is -3.72. The fourth-order valence-corrected chi connectivity index (χ4v) is 5.69. The van der Waals surface area contributed by atoms with E-state index in [1.165, 1.54) is 0 Å². The van der Waals surface area contributed by atoms with Crippen LogP contribution in [0.3, 0.4) is 0 Å². The molecule has 6 nitrogen and oxygen atoms in total. The summed E-state index contributed by atoms with van der Waals surface area (Å²) in [6, 6.07) is 26.5. The molecule has 0 unspecified atom stereocenters. The van der Waals surface area contributed by atoms with Crippen LogP contribution in [0.1, 0.15) is 56.6 Å². The van der Waals surface area contributed by atoms with Crippen LogP contribution in [0.5, 0.6) is 5.75 Å². The fraction of sp³-hybridized carbons (Fsp3) is 0.306. The third-order valence-corrected chi connectivity index (χ3v) is 8.80. The van der Waals surface area contributed by atoms with Crippen LogP contribution in [-0.4, -0.2) is 26.9 Å². The van der Waals surface area contributed by atoms with Crippen molar-refractivity contribution in [3.63, 3.8) is 0 Å². The van der Waals surface area contributed by atoms with Crippen LogP contribution in [0.15, 0.2) is 78.9 Å². The second kappa shape index (κ2) is 12.5. The minimum Gasteiger partial charge on any atom is -0.487 e. The van der Waals surface area contributed by atoms with E-state index in [0.717, 1.165) is 54.2 Å². The summed E-state index contributed by atoms with van der Waals surface area (Å²) in [6.07, 6.45) is 2.65. The van der Waals surface area contributed by atoms with Crippen LogP contribution >= 0.6 is 22.6 Å². The highest BCUT2D eigenvalue weighted by Gasteiger charge is 2.32. The molecule has 0 aliphatic heterocycles. The standard InChI is InChI=1S/C36H37IN2O4/c1-35(2,23-40)18-17-29-30-19-28(43-22-27-14-11-25-7-5-6-8-31(25)38-27)15-16-32(30)39(21-24-9-12-26(37)13-10-24)33(29)20-36(3,4)34(41)42/h5-16,19,23H,17-18,20-22H2,1-4H3,(H,41,42). The molecule has 1 N–H and O–H groups in total. The molecular formula is C36H37IN2O4. The third kappa shape index (κ3) is 7.09. The van der Waals surface area contributed by atoms with E-state index in [-0.39, 0.29) is 0 Å². The Morgan fingerprint density at radius 3 is 2.47 bits per heavy atom. The topological polar surface area (TPSA) is 81.4 Å². The lowest BCUT2D eigenvalue weighted by molar-refractivity contribution is -0.146. The Morgan fingerprint density at radius 1 is 1.00 bits per heavy atom.